The molecule has 0 amide bonds. The maximum absolute atomic E-state index is 13.0. The maximum atomic E-state index is 13.0. The first kappa shape index (κ1) is 18.0. The Morgan fingerprint density at radius 1 is 1.36 bits per heavy atom. The highest BCUT2D eigenvalue weighted by atomic mass is 35.5. The maximum Gasteiger partial charge on any atom is 0.255 e. The van der Waals surface area contributed by atoms with Gasteiger partial charge >= 0.3 is 0 Å². The Labute approximate surface area is 150 Å². The molecule has 7 heteroatoms. The SMILES string of the molecule is CCc1nn(CC)c(-c2ccc(OCC3CC3(F)F)cc2OC)c1Cl. The second-order valence-electron chi connectivity index (χ2n) is 6.11. The summed E-state index contributed by atoms with van der Waals surface area (Å²) >= 11 is 6.50. The number of aryl methyl sites for hydroxylation is 2. The average Bonchev–Trinajstić information content (AvgIpc) is 3.09. The van der Waals surface area contributed by atoms with Crippen LogP contribution in [-0.2, 0) is 13.0 Å². The molecule has 1 fully saturated rings. The molecule has 0 bridgehead atoms. The van der Waals surface area contributed by atoms with E-state index in [1.165, 1.54) is 0 Å². The number of halogens is 3. The van der Waals surface area contributed by atoms with Gasteiger partial charge in [0.05, 0.1) is 36.0 Å². The van der Waals surface area contributed by atoms with Gasteiger partial charge in [0, 0.05) is 24.6 Å². The summed E-state index contributed by atoms with van der Waals surface area (Å²) in [6.45, 7) is 4.67. The lowest BCUT2D eigenvalue weighted by Crippen LogP contribution is -2.06. The molecule has 1 saturated carbocycles. The van der Waals surface area contributed by atoms with Gasteiger partial charge in [-0.25, -0.2) is 8.78 Å². The fourth-order valence-corrected chi connectivity index (χ4v) is 3.18. The van der Waals surface area contributed by atoms with Crippen molar-refractivity contribution in [2.24, 2.45) is 5.92 Å². The van der Waals surface area contributed by atoms with Gasteiger partial charge in [0.1, 0.15) is 11.5 Å². The molecule has 3 rings (SSSR count). The van der Waals surface area contributed by atoms with Crippen LogP contribution in [0.25, 0.3) is 11.3 Å². The molecule has 0 spiro atoms. The molecular weight excluding hydrogens is 350 g/mol. The normalized spacial score (nSPS) is 18.2. The number of alkyl halides is 2. The number of hydrogen-bond donors (Lipinski definition) is 0. The van der Waals surface area contributed by atoms with E-state index in [4.69, 9.17) is 21.1 Å². The van der Waals surface area contributed by atoms with E-state index in [0.717, 1.165) is 23.4 Å². The van der Waals surface area contributed by atoms with Crippen molar-refractivity contribution in [3.8, 4) is 22.8 Å². The van der Waals surface area contributed by atoms with Gasteiger partial charge < -0.3 is 9.47 Å². The second-order valence-corrected chi connectivity index (χ2v) is 6.49. The smallest absolute Gasteiger partial charge is 0.255 e. The van der Waals surface area contributed by atoms with Gasteiger partial charge in [-0.15, -0.1) is 0 Å². The van der Waals surface area contributed by atoms with Crippen molar-refractivity contribution in [3.05, 3.63) is 28.9 Å². The molecule has 136 valence electrons. The van der Waals surface area contributed by atoms with Crippen molar-refractivity contribution in [3.63, 3.8) is 0 Å². The Bertz CT molecular complexity index is 777. The van der Waals surface area contributed by atoms with Gasteiger partial charge in [-0.05, 0) is 25.5 Å². The first-order valence-electron chi connectivity index (χ1n) is 8.35. The lowest BCUT2D eigenvalue weighted by Gasteiger charge is -2.13. The van der Waals surface area contributed by atoms with Crippen LogP contribution in [0.5, 0.6) is 11.5 Å². The van der Waals surface area contributed by atoms with E-state index in [0.29, 0.717) is 23.1 Å². The summed E-state index contributed by atoms with van der Waals surface area (Å²) in [7, 11) is 1.55. The van der Waals surface area contributed by atoms with Crippen LogP contribution < -0.4 is 9.47 Å². The fourth-order valence-electron chi connectivity index (χ4n) is 2.81. The lowest BCUT2D eigenvalue weighted by molar-refractivity contribution is 0.0856. The number of rotatable bonds is 7. The Kier molecular flexibility index (Phi) is 4.91. The van der Waals surface area contributed by atoms with Gasteiger partial charge in [0.15, 0.2) is 0 Å². The second kappa shape index (κ2) is 6.83. The molecule has 25 heavy (non-hydrogen) atoms. The monoisotopic (exact) mass is 370 g/mol. The predicted octanol–water partition coefficient (Wildman–Crippen LogP) is 4.83. The fraction of sp³-hybridized carbons (Fsp3) is 0.500. The van der Waals surface area contributed by atoms with E-state index in [9.17, 15) is 8.78 Å². The first-order chi connectivity index (χ1) is 11.9. The van der Waals surface area contributed by atoms with Crippen LogP contribution in [0.4, 0.5) is 8.78 Å². The lowest BCUT2D eigenvalue weighted by atomic mass is 10.1. The Hall–Kier alpha value is -1.82. The van der Waals surface area contributed by atoms with E-state index in [1.54, 1.807) is 19.2 Å². The van der Waals surface area contributed by atoms with Crippen molar-refractivity contribution in [2.45, 2.75) is 39.2 Å². The van der Waals surface area contributed by atoms with Crippen LogP contribution in [0.15, 0.2) is 18.2 Å². The third-order valence-electron chi connectivity index (χ3n) is 4.43. The summed E-state index contributed by atoms with van der Waals surface area (Å²) in [5, 5.41) is 5.12. The van der Waals surface area contributed by atoms with Gasteiger partial charge in [-0.3, -0.25) is 4.68 Å². The van der Waals surface area contributed by atoms with Crippen molar-refractivity contribution in [1.82, 2.24) is 9.78 Å². The molecule has 0 radical (unpaired) electrons. The Balaban J connectivity index is 1.89. The summed E-state index contributed by atoms with van der Waals surface area (Å²) in [4.78, 5) is 0. The van der Waals surface area contributed by atoms with Gasteiger partial charge in [-0.2, -0.15) is 5.10 Å². The zero-order valence-corrected chi connectivity index (χ0v) is 15.2. The van der Waals surface area contributed by atoms with E-state index in [1.807, 2.05) is 24.6 Å². The standard InChI is InChI=1S/C18H21ClF2N2O2/c1-4-14-16(19)17(23(5-2)22-14)13-7-6-12(8-15(13)24-3)25-10-11-9-18(11,20)21/h6-8,11H,4-5,9-10H2,1-3H3. The highest BCUT2D eigenvalue weighted by Crippen LogP contribution is 2.48. The predicted molar refractivity (Wildman–Crippen MR) is 92.8 cm³/mol. The highest BCUT2D eigenvalue weighted by Gasteiger charge is 2.57. The molecule has 1 heterocycles. The number of nitrogens with zero attached hydrogens (tertiary/aromatic N) is 2. The minimum absolute atomic E-state index is 0.00311. The number of benzene rings is 1. The average molecular weight is 371 g/mol. The highest BCUT2D eigenvalue weighted by molar-refractivity contribution is 6.33. The van der Waals surface area contributed by atoms with Crippen LogP contribution in [0, 0.1) is 5.92 Å². The zero-order valence-electron chi connectivity index (χ0n) is 14.5. The van der Waals surface area contributed by atoms with Gasteiger partial charge in [0.25, 0.3) is 5.92 Å². The summed E-state index contributed by atoms with van der Waals surface area (Å²) in [6, 6.07) is 5.27. The summed E-state index contributed by atoms with van der Waals surface area (Å²) in [5.74, 6) is -2.21. The largest absolute Gasteiger partial charge is 0.496 e. The van der Waals surface area contributed by atoms with Crippen molar-refractivity contribution in [2.75, 3.05) is 13.7 Å². The van der Waals surface area contributed by atoms with Gasteiger partial charge in [0.2, 0.25) is 0 Å². The van der Waals surface area contributed by atoms with E-state index in [2.05, 4.69) is 5.10 Å². The molecule has 0 saturated heterocycles. The molecule has 1 aliphatic carbocycles. The number of ether oxygens (including phenoxy) is 2. The van der Waals surface area contributed by atoms with Crippen LogP contribution in [0.2, 0.25) is 5.02 Å². The van der Waals surface area contributed by atoms with Crippen LogP contribution in [0.1, 0.15) is 26.0 Å². The van der Waals surface area contributed by atoms with Crippen LogP contribution in [-0.4, -0.2) is 29.4 Å². The van der Waals surface area contributed by atoms with Crippen molar-refractivity contribution < 1.29 is 18.3 Å². The summed E-state index contributed by atoms with van der Waals surface area (Å²) in [5.41, 5.74) is 2.42. The third-order valence-corrected chi connectivity index (χ3v) is 4.83. The molecule has 4 nitrogen and oxygen atoms in total. The quantitative estimate of drug-likeness (QED) is 0.700. The van der Waals surface area contributed by atoms with E-state index < -0.39 is 11.8 Å². The van der Waals surface area contributed by atoms with Gasteiger partial charge in [-0.1, -0.05) is 18.5 Å². The minimum Gasteiger partial charge on any atom is -0.496 e. The third kappa shape index (κ3) is 3.45. The molecule has 2 aromatic rings. The van der Waals surface area contributed by atoms with Crippen molar-refractivity contribution >= 4 is 11.6 Å². The topological polar surface area (TPSA) is 36.3 Å². The molecular formula is C18H21ClF2N2O2. The number of methoxy groups -OCH3 is 1. The first-order valence-corrected chi connectivity index (χ1v) is 8.73. The van der Waals surface area contributed by atoms with E-state index >= 15 is 0 Å². The summed E-state index contributed by atoms with van der Waals surface area (Å²) < 4.78 is 38.7. The molecule has 1 atom stereocenters. The van der Waals surface area contributed by atoms with Crippen LogP contribution in [0.3, 0.4) is 0 Å². The van der Waals surface area contributed by atoms with Crippen LogP contribution >= 0.6 is 11.6 Å². The molecule has 1 aromatic heterocycles. The number of aromatic nitrogens is 2. The molecule has 0 aliphatic heterocycles. The minimum atomic E-state index is -2.58. The molecule has 0 N–H and O–H groups in total. The molecule has 1 unspecified atom stereocenters. The molecule has 1 aliphatic rings. The zero-order chi connectivity index (χ0) is 18.2. The summed E-state index contributed by atoms with van der Waals surface area (Å²) in [6.07, 6.45) is 0.630. The molecule has 1 aromatic carbocycles. The Morgan fingerprint density at radius 2 is 2.08 bits per heavy atom. The van der Waals surface area contributed by atoms with E-state index in [-0.39, 0.29) is 13.0 Å². The number of hydrogen-bond acceptors (Lipinski definition) is 3. The Morgan fingerprint density at radius 3 is 2.64 bits per heavy atom. The van der Waals surface area contributed by atoms with Crippen molar-refractivity contribution in [1.29, 1.82) is 0 Å².